The molecule has 0 spiro atoms. The van der Waals surface area contributed by atoms with Gasteiger partial charge in [-0.05, 0) is 19.8 Å². The molecule has 1 amide bonds. The molecule has 0 aromatic carbocycles. The number of carbonyl (C=O) groups is 1. The normalized spacial score (nSPS) is 15.2. The molecule has 1 aromatic rings. The van der Waals surface area contributed by atoms with Gasteiger partial charge in [0.15, 0.2) is 0 Å². The van der Waals surface area contributed by atoms with Crippen LogP contribution < -0.4 is 5.32 Å². The molecule has 2 rings (SSSR count). The summed E-state index contributed by atoms with van der Waals surface area (Å²) >= 11 is 5.97. The van der Waals surface area contributed by atoms with E-state index in [1.165, 1.54) is 0 Å². The van der Waals surface area contributed by atoms with Gasteiger partial charge in [-0.1, -0.05) is 11.6 Å². The second-order valence-electron chi connectivity index (χ2n) is 4.38. The van der Waals surface area contributed by atoms with Crippen LogP contribution in [0, 0.1) is 6.92 Å². The molecular formula is C12H17ClN4O. The Bertz CT molecular complexity index is 438. The molecule has 0 radical (unpaired) electrons. The van der Waals surface area contributed by atoms with Crippen molar-refractivity contribution in [3.8, 4) is 0 Å². The van der Waals surface area contributed by atoms with Crippen molar-refractivity contribution in [2.45, 2.75) is 26.2 Å². The fourth-order valence-corrected chi connectivity index (χ4v) is 2.15. The van der Waals surface area contributed by atoms with Gasteiger partial charge in [0, 0.05) is 26.1 Å². The first kappa shape index (κ1) is 13.1. The Morgan fingerprint density at radius 2 is 2.39 bits per heavy atom. The average Bonchev–Trinajstić information content (AvgIpc) is 2.75. The lowest BCUT2D eigenvalue weighted by Crippen LogP contribution is -2.27. The van der Waals surface area contributed by atoms with Crippen molar-refractivity contribution in [3.63, 3.8) is 0 Å². The molecule has 5 nitrogen and oxygen atoms in total. The van der Waals surface area contributed by atoms with Crippen LogP contribution in [0.4, 0.5) is 5.82 Å². The van der Waals surface area contributed by atoms with Crippen molar-refractivity contribution >= 4 is 23.3 Å². The van der Waals surface area contributed by atoms with E-state index in [4.69, 9.17) is 11.6 Å². The van der Waals surface area contributed by atoms with Gasteiger partial charge in [-0.25, -0.2) is 9.97 Å². The fraction of sp³-hybridized carbons (Fsp3) is 0.583. The number of halogens is 1. The highest BCUT2D eigenvalue weighted by Crippen LogP contribution is 2.17. The lowest BCUT2D eigenvalue weighted by Gasteiger charge is -2.15. The molecule has 0 unspecified atom stereocenters. The van der Waals surface area contributed by atoms with Crippen molar-refractivity contribution in [3.05, 3.63) is 17.0 Å². The summed E-state index contributed by atoms with van der Waals surface area (Å²) in [6.45, 7) is 4.27. The largest absolute Gasteiger partial charge is 0.369 e. The smallest absolute Gasteiger partial charge is 0.222 e. The van der Waals surface area contributed by atoms with Gasteiger partial charge in [0.2, 0.25) is 5.91 Å². The topological polar surface area (TPSA) is 58.1 Å². The molecule has 18 heavy (non-hydrogen) atoms. The Balaban J connectivity index is 1.75. The molecule has 2 heterocycles. The van der Waals surface area contributed by atoms with Crippen LogP contribution in [0.3, 0.4) is 0 Å². The first-order chi connectivity index (χ1) is 8.66. The number of hydrogen-bond acceptors (Lipinski definition) is 4. The van der Waals surface area contributed by atoms with Crippen LogP contribution in [0.15, 0.2) is 6.20 Å². The number of rotatable bonds is 5. The second-order valence-corrected chi connectivity index (χ2v) is 4.79. The van der Waals surface area contributed by atoms with Gasteiger partial charge in [-0.2, -0.15) is 0 Å². The number of nitrogens with one attached hydrogen (secondary N) is 1. The summed E-state index contributed by atoms with van der Waals surface area (Å²) < 4.78 is 0. The lowest BCUT2D eigenvalue weighted by molar-refractivity contribution is -0.127. The first-order valence-corrected chi connectivity index (χ1v) is 6.55. The second kappa shape index (κ2) is 6.00. The predicted molar refractivity (Wildman–Crippen MR) is 70.7 cm³/mol. The maximum Gasteiger partial charge on any atom is 0.222 e. The summed E-state index contributed by atoms with van der Waals surface area (Å²) in [5, 5.41) is 3.70. The number of anilines is 1. The van der Waals surface area contributed by atoms with E-state index in [-0.39, 0.29) is 5.91 Å². The van der Waals surface area contributed by atoms with Crippen LogP contribution in [0.25, 0.3) is 0 Å². The minimum absolute atomic E-state index is 0.269. The number of hydrogen-bond donors (Lipinski definition) is 1. The Labute approximate surface area is 112 Å². The van der Waals surface area contributed by atoms with Gasteiger partial charge in [0.25, 0.3) is 0 Å². The number of aryl methyl sites for hydroxylation is 1. The van der Waals surface area contributed by atoms with E-state index < -0.39 is 0 Å². The van der Waals surface area contributed by atoms with Crippen LogP contribution in [0.1, 0.15) is 25.1 Å². The molecular weight excluding hydrogens is 252 g/mol. The number of nitrogens with zero attached hydrogens (tertiary/aromatic N) is 3. The van der Waals surface area contributed by atoms with E-state index in [1.54, 1.807) is 6.20 Å². The lowest BCUT2D eigenvalue weighted by atomic mass is 10.4. The van der Waals surface area contributed by atoms with Crippen LogP contribution in [0.2, 0.25) is 5.02 Å². The quantitative estimate of drug-likeness (QED) is 0.828. The SMILES string of the molecule is Cc1ncc(Cl)c(NCCCN2CCCC2=O)n1. The Hall–Kier alpha value is -1.36. The van der Waals surface area contributed by atoms with Gasteiger partial charge in [0.1, 0.15) is 16.7 Å². The summed E-state index contributed by atoms with van der Waals surface area (Å²) in [4.78, 5) is 21.5. The van der Waals surface area contributed by atoms with E-state index in [0.29, 0.717) is 23.1 Å². The molecule has 0 saturated carbocycles. The number of aromatic nitrogens is 2. The predicted octanol–water partition coefficient (Wildman–Crippen LogP) is 1.86. The van der Waals surface area contributed by atoms with Crippen molar-refractivity contribution in [2.75, 3.05) is 25.0 Å². The molecule has 0 bridgehead atoms. The average molecular weight is 269 g/mol. The van der Waals surface area contributed by atoms with Gasteiger partial charge < -0.3 is 10.2 Å². The highest BCUT2D eigenvalue weighted by atomic mass is 35.5. The number of carbonyl (C=O) groups excluding carboxylic acids is 1. The van der Waals surface area contributed by atoms with Gasteiger partial charge in [-0.3, -0.25) is 4.79 Å². The Morgan fingerprint density at radius 3 is 3.11 bits per heavy atom. The zero-order chi connectivity index (χ0) is 13.0. The van der Waals surface area contributed by atoms with Gasteiger partial charge >= 0.3 is 0 Å². The number of amides is 1. The van der Waals surface area contributed by atoms with Crippen LogP contribution in [-0.4, -0.2) is 40.4 Å². The third-order valence-corrected chi connectivity index (χ3v) is 3.21. The summed E-state index contributed by atoms with van der Waals surface area (Å²) in [6.07, 6.45) is 4.18. The molecule has 1 aliphatic heterocycles. The highest BCUT2D eigenvalue weighted by molar-refractivity contribution is 6.32. The summed E-state index contributed by atoms with van der Waals surface area (Å²) in [5.74, 6) is 1.62. The van der Waals surface area contributed by atoms with Crippen molar-refractivity contribution < 1.29 is 4.79 Å². The maximum absolute atomic E-state index is 11.4. The monoisotopic (exact) mass is 268 g/mol. The molecule has 1 aromatic heterocycles. The van der Waals surface area contributed by atoms with Crippen molar-refractivity contribution in [1.29, 1.82) is 0 Å². The fourth-order valence-electron chi connectivity index (χ4n) is 2.00. The standard InChI is InChI=1S/C12H17ClN4O/c1-9-15-8-10(13)12(16-9)14-5-3-7-17-6-2-4-11(17)18/h8H,2-7H2,1H3,(H,14,15,16). The molecule has 0 aliphatic carbocycles. The van der Waals surface area contributed by atoms with Crippen LogP contribution in [0.5, 0.6) is 0 Å². The van der Waals surface area contributed by atoms with Gasteiger partial charge in [-0.15, -0.1) is 0 Å². The molecule has 1 N–H and O–H groups in total. The van der Waals surface area contributed by atoms with E-state index in [2.05, 4.69) is 15.3 Å². The van der Waals surface area contributed by atoms with E-state index in [9.17, 15) is 4.79 Å². The Morgan fingerprint density at radius 1 is 1.56 bits per heavy atom. The summed E-state index contributed by atoms with van der Waals surface area (Å²) in [6, 6.07) is 0. The molecule has 1 aliphatic rings. The minimum atomic E-state index is 0.269. The van der Waals surface area contributed by atoms with Crippen molar-refractivity contribution in [1.82, 2.24) is 14.9 Å². The van der Waals surface area contributed by atoms with Crippen molar-refractivity contribution in [2.24, 2.45) is 0 Å². The zero-order valence-electron chi connectivity index (χ0n) is 10.4. The van der Waals surface area contributed by atoms with Gasteiger partial charge in [0.05, 0.1) is 6.20 Å². The molecule has 6 heteroatoms. The number of likely N-dealkylation sites (tertiary alicyclic amines) is 1. The van der Waals surface area contributed by atoms with Crippen LogP contribution >= 0.6 is 11.6 Å². The Kier molecular flexibility index (Phi) is 4.36. The maximum atomic E-state index is 11.4. The molecule has 1 saturated heterocycles. The third kappa shape index (κ3) is 3.32. The third-order valence-electron chi connectivity index (χ3n) is 2.93. The minimum Gasteiger partial charge on any atom is -0.369 e. The molecule has 98 valence electrons. The highest BCUT2D eigenvalue weighted by Gasteiger charge is 2.18. The van der Waals surface area contributed by atoms with E-state index in [1.807, 2.05) is 11.8 Å². The van der Waals surface area contributed by atoms with E-state index >= 15 is 0 Å². The van der Waals surface area contributed by atoms with Crippen LogP contribution in [-0.2, 0) is 4.79 Å². The molecule has 0 atom stereocenters. The molecule has 1 fully saturated rings. The van der Waals surface area contributed by atoms with E-state index in [0.717, 1.165) is 32.5 Å². The summed E-state index contributed by atoms with van der Waals surface area (Å²) in [7, 11) is 0. The first-order valence-electron chi connectivity index (χ1n) is 6.17. The zero-order valence-corrected chi connectivity index (χ0v) is 11.2. The summed E-state index contributed by atoms with van der Waals surface area (Å²) in [5.41, 5.74) is 0.